The maximum atomic E-state index is 12.3. The molecule has 0 aromatic carbocycles. The van der Waals surface area contributed by atoms with Gasteiger partial charge in [-0.2, -0.15) is 5.10 Å². The summed E-state index contributed by atoms with van der Waals surface area (Å²) in [5.74, 6) is 1.21. The number of aryl methyl sites for hydroxylation is 1. The van der Waals surface area contributed by atoms with Crippen molar-refractivity contribution in [3.8, 4) is 0 Å². The highest BCUT2D eigenvalue weighted by atomic mass is 16.1. The zero-order valence-corrected chi connectivity index (χ0v) is 15.3. The molecule has 1 aromatic heterocycles. The lowest BCUT2D eigenvalue weighted by atomic mass is 9.95. The predicted octanol–water partition coefficient (Wildman–Crippen LogP) is 2.33. The van der Waals surface area contributed by atoms with Crippen LogP contribution in [0.3, 0.4) is 0 Å². The first-order valence-corrected chi connectivity index (χ1v) is 8.80. The topological polar surface area (TPSA) is 72.9 Å². The third-order valence-electron chi connectivity index (χ3n) is 5.00. The molecule has 1 unspecified atom stereocenters. The molecule has 0 spiro atoms. The van der Waals surface area contributed by atoms with Crippen LogP contribution in [0.2, 0.25) is 0 Å². The van der Waals surface area contributed by atoms with Gasteiger partial charge in [-0.1, -0.05) is 13.8 Å². The van der Waals surface area contributed by atoms with Gasteiger partial charge in [-0.15, -0.1) is 0 Å². The second-order valence-corrected chi connectivity index (χ2v) is 7.67. The number of aromatic nitrogens is 2. The largest absolute Gasteiger partial charge is 0.349 e. The highest BCUT2D eigenvalue weighted by molar-refractivity contribution is 5.77. The van der Waals surface area contributed by atoms with Crippen LogP contribution in [0, 0.1) is 25.7 Å². The molecule has 0 bridgehead atoms. The van der Waals surface area contributed by atoms with Crippen molar-refractivity contribution in [2.24, 2.45) is 17.6 Å². The summed E-state index contributed by atoms with van der Waals surface area (Å²) < 4.78 is 2.07. The SMILES string of the molecule is Cc1nn(CC(C)C)c(C)c1CCC(=O)NC(C)(CN)C1CC1. The number of hydrogen-bond acceptors (Lipinski definition) is 3. The maximum Gasteiger partial charge on any atom is 0.220 e. The molecule has 1 aromatic rings. The van der Waals surface area contributed by atoms with E-state index in [-0.39, 0.29) is 11.4 Å². The monoisotopic (exact) mass is 320 g/mol. The molecule has 1 aliphatic rings. The average Bonchev–Trinajstić information content (AvgIpc) is 3.27. The Balaban J connectivity index is 1.95. The normalized spacial score (nSPS) is 17.3. The first kappa shape index (κ1) is 18.0. The smallest absolute Gasteiger partial charge is 0.220 e. The lowest BCUT2D eigenvalue weighted by Crippen LogP contribution is -2.53. The maximum absolute atomic E-state index is 12.3. The van der Waals surface area contributed by atoms with Gasteiger partial charge in [-0.3, -0.25) is 9.48 Å². The molecule has 5 nitrogen and oxygen atoms in total. The summed E-state index contributed by atoms with van der Waals surface area (Å²) in [4.78, 5) is 12.3. The van der Waals surface area contributed by atoms with E-state index in [1.165, 1.54) is 24.1 Å². The summed E-state index contributed by atoms with van der Waals surface area (Å²) in [6.45, 7) is 12.0. The van der Waals surface area contributed by atoms with Crippen LogP contribution in [0.5, 0.6) is 0 Å². The van der Waals surface area contributed by atoms with E-state index >= 15 is 0 Å². The molecule has 130 valence electrons. The van der Waals surface area contributed by atoms with Crippen LogP contribution in [0.15, 0.2) is 0 Å². The van der Waals surface area contributed by atoms with Crippen LogP contribution < -0.4 is 11.1 Å². The van der Waals surface area contributed by atoms with E-state index in [0.29, 0.717) is 24.8 Å². The van der Waals surface area contributed by atoms with E-state index in [4.69, 9.17) is 5.73 Å². The second kappa shape index (κ2) is 7.04. The Labute approximate surface area is 140 Å². The summed E-state index contributed by atoms with van der Waals surface area (Å²) in [5, 5.41) is 7.78. The van der Waals surface area contributed by atoms with Crippen molar-refractivity contribution in [2.75, 3.05) is 6.54 Å². The molecule has 1 heterocycles. The molecule has 23 heavy (non-hydrogen) atoms. The fraction of sp³-hybridized carbons (Fsp3) is 0.778. The van der Waals surface area contributed by atoms with Gasteiger partial charge < -0.3 is 11.1 Å². The van der Waals surface area contributed by atoms with Gasteiger partial charge in [-0.05, 0) is 57.4 Å². The molecule has 1 saturated carbocycles. The Bertz CT molecular complexity index is 560. The third-order valence-corrected chi connectivity index (χ3v) is 5.00. The zero-order valence-electron chi connectivity index (χ0n) is 15.3. The Morgan fingerprint density at radius 2 is 2.09 bits per heavy atom. The third kappa shape index (κ3) is 4.34. The number of carbonyl (C=O) groups excluding carboxylic acids is 1. The molecule has 1 fully saturated rings. The number of nitrogens with zero attached hydrogens (tertiary/aromatic N) is 2. The first-order chi connectivity index (χ1) is 10.8. The predicted molar refractivity (Wildman–Crippen MR) is 93.2 cm³/mol. The van der Waals surface area contributed by atoms with Crippen LogP contribution >= 0.6 is 0 Å². The minimum Gasteiger partial charge on any atom is -0.349 e. The van der Waals surface area contributed by atoms with Crippen molar-refractivity contribution in [1.82, 2.24) is 15.1 Å². The van der Waals surface area contributed by atoms with E-state index in [1.54, 1.807) is 0 Å². The van der Waals surface area contributed by atoms with E-state index in [0.717, 1.165) is 18.7 Å². The second-order valence-electron chi connectivity index (χ2n) is 7.67. The lowest BCUT2D eigenvalue weighted by Gasteiger charge is -2.29. The van der Waals surface area contributed by atoms with E-state index in [2.05, 4.69) is 42.8 Å². The fourth-order valence-corrected chi connectivity index (χ4v) is 3.28. The van der Waals surface area contributed by atoms with Crippen LogP contribution in [0.4, 0.5) is 0 Å². The van der Waals surface area contributed by atoms with Gasteiger partial charge in [0.25, 0.3) is 0 Å². The summed E-state index contributed by atoms with van der Waals surface area (Å²) in [6.07, 6.45) is 3.59. The molecule has 1 aliphatic carbocycles. The number of nitrogens with two attached hydrogens (primary N) is 1. The van der Waals surface area contributed by atoms with Crippen molar-refractivity contribution < 1.29 is 4.79 Å². The van der Waals surface area contributed by atoms with Gasteiger partial charge in [0, 0.05) is 25.2 Å². The summed E-state index contributed by atoms with van der Waals surface area (Å²) in [6, 6.07) is 0. The highest BCUT2D eigenvalue weighted by Crippen LogP contribution is 2.39. The van der Waals surface area contributed by atoms with Gasteiger partial charge in [0.15, 0.2) is 0 Å². The molecule has 0 aliphatic heterocycles. The van der Waals surface area contributed by atoms with E-state index < -0.39 is 0 Å². The lowest BCUT2D eigenvalue weighted by molar-refractivity contribution is -0.123. The minimum atomic E-state index is -0.233. The number of carbonyl (C=O) groups is 1. The molecule has 1 amide bonds. The van der Waals surface area contributed by atoms with Crippen molar-refractivity contribution in [3.05, 3.63) is 17.0 Å². The van der Waals surface area contributed by atoms with Gasteiger partial charge in [0.05, 0.1) is 11.2 Å². The van der Waals surface area contributed by atoms with Crippen LogP contribution in [-0.4, -0.2) is 27.8 Å². The molecule has 5 heteroatoms. The molecule has 2 rings (SSSR count). The summed E-state index contributed by atoms with van der Waals surface area (Å²) in [7, 11) is 0. The van der Waals surface area contributed by atoms with Gasteiger partial charge >= 0.3 is 0 Å². The Morgan fingerprint density at radius 3 is 2.61 bits per heavy atom. The van der Waals surface area contributed by atoms with Gasteiger partial charge in [-0.25, -0.2) is 0 Å². The Morgan fingerprint density at radius 1 is 1.43 bits per heavy atom. The fourth-order valence-electron chi connectivity index (χ4n) is 3.28. The summed E-state index contributed by atoms with van der Waals surface area (Å²) in [5.41, 5.74) is 9.08. The molecule has 1 atom stereocenters. The molecule has 0 radical (unpaired) electrons. The quantitative estimate of drug-likeness (QED) is 0.772. The average molecular weight is 320 g/mol. The van der Waals surface area contributed by atoms with Crippen LogP contribution in [0.25, 0.3) is 0 Å². The zero-order chi connectivity index (χ0) is 17.2. The Hall–Kier alpha value is -1.36. The Kier molecular flexibility index (Phi) is 5.50. The number of rotatable bonds is 8. The van der Waals surface area contributed by atoms with E-state index in [9.17, 15) is 4.79 Å². The molecule has 0 saturated heterocycles. The number of nitrogens with one attached hydrogen (secondary N) is 1. The van der Waals surface area contributed by atoms with Gasteiger partial charge in [0.1, 0.15) is 0 Å². The van der Waals surface area contributed by atoms with Crippen molar-refractivity contribution in [1.29, 1.82) is 0 Å². The number of hydrogen-bond donors (Lipinski definition) is 2. The van der Waals surface area contributed by atoms with Crippen LogP contribution in [0.1, 0.15) is 57.0 Å². The molecule has 3 N–H and O–H groups in total. The first-order valence-electron chi connectivity index (χ1n) is 8.80. The van der Waals surface area contributed by atoms with E-state index in [1.807, 2.05) is 6.92 Å². The van der Waals surface area contributed by atoms with Gasteiger partial charge in [0.2, 0.25) is 5.91 Å². The number of amides is 1. The van der Waals surface area contributed by atoms with Crippen molar-refractivity contribution in [2.45, 2.75) is 72.4 Å². The standard InChI is InChI=1S/C18H32N4O/c1-12(2)10-22-14(4)16(13(3)21-22)8-9-17(23)20-18(5,11-19)15-6-7-15/h12,15H,6-11,19H2,1-5H3,(H,20,23). The minimum absolute atomic E-state index is 0.0975. The highest BCUT2D eigenvalue weighted by Gasteiger charge is 2.41. The van der Waals surface area contributed by atoms with Crippen LogP contribution in [-0.2, 0) is 17.8 Å². The van der Waals surface area contributed by atoms with Crippen molar-refractivity contribution in [3.63, 3.8) is 0 Å². The van der Waals surface area contributed by atoms with Crippen molar-refractivity contribution >= 4 is 5.91 Å². The molecular weight excluding hydrogens is 288 g/mol. The molecular formula is C18H32N4O. The summed E-state index contributed by atoms with van der Waals surface area (Å²) >= 11 is 0.